The molecule has 1 N–H and O–H groups in total. The van der Waals surface area contributed by atoms with Crippen LogP contribution in [0.2, 0.25) is 0 Å². The van der Waals surface area contributed by atoms with Crippen LogP contribution in [0.1, 0.15) is 15.9 Å². The number of benzene rings is 3. The Morgan fingerprint density at radius 1 is 0.900 bits per heavy atom. The molecule has 0 bridgehead atoms. The number of nitrogens with zero attached hydrogens (tertiary/aromatic N) is 4. The molecule has 0 aliphatic rings. The van der Waals surface area contributed by atoms with Crippen LogP contribution in [0.5, 0.6) is 0 Å². The highest BCUT2D eigenvalue weighted by Gasteiger charge is 2.08. The number of carbonyl (C=O) groups is 1. The minimum atomic E-state index is -0.138. The SMILES string of the molecule is O=C(Nc1ccc(-n2cnc3ccccc32)cc1)c1ccc(Cn2cccn2)cc1. The smallest absolute Gasteiger partial charge is 0.255 e. The number of hydrogen-bond acceptors (Lipinski definition) is 3. The highest BCUT2D eigenvalue weighted by Crippen LogP contribution is 2.20. The number of rotatable bonds is 5. The molecule has 6 heteroatoms. The van der Waals surface area contributed by atoms with Gasteiger partial charge in [0.15, 0.2) is 0 Å². The van der Waals surface area contributed by atoms with Crippen LogP contribution in [0.3, 0.4) is 0 Å². The largest absolute Gasteiger partial charge is 0.322 e. The minimum Gasteiger partial charge on any atom is -0.322 e. The van der Waals surface area contributed by atoms with Crippen molar-refractivity contribution in [1.82, 2.24) is 19.3 Å². The fourth-order valence-corrected chi connectivity index (χ4v) is 3.42. The molecule has 1 amide bonds. The van der Waals surface area contributed by atoms with Crippen LogP contribution in [0, 0.1) is 0 Å². The van der Waals surface area contributed by atoms with Gasteiger partial charge < -0.3 is 5.32 Å². The first-order valence-corrected chi connectivity index (χ1v) is 9.66. The van der Waals surface area contributed by atoms with E-state index in [1.807, 2.05) is 101 Å². The number of nitrogens with one attached hydrogen (secondary N) is 1. The van der Waals surface area contributed by atoms with Crippen LogP contribution in [-0.2, 0) is 6.54 Å². The Hall–Kier alpha value is -4.19. The van der Waals surface area contributed by atoms with E-state index in [4.69, 9.17) is 0 Å². The molecule has 5 rings (SSSR count). The van der Waals surface area contributed by atoms with Crippen molar-refractivity contribution in [2.24, 2.45) is 0 Å². The number of imidazole rings is 1. The second-order valence-electron chi connectivity index (χ2n) is 7.00. The molecule has 0 saturated heterocycles. The molecular formula is C24H19N5O. The third kappa shape index (κ3) is 3.58. The average molecular weight is 393 g/mol. The molecule has 0 saturated carbocycles. The summed E-state index contributed by atoms with van der Waals surface area (Å²) in [6.45, 7) is 0.680. The van der Waals surface area contributed by atoms with E-state index in [0.717, 1.165) is 28.0 Å². The van der Waals surface area contributed by atoms with Gasteiger partial charge in [0.05, 0.1) is 17.6 Å². The Morgan fingerprint density at radius 3 is 2.47 bits per heavy atom. The lowest BCUT2D eigenvalue weighted by molar-refractivity contribution is 0.102. The maximum atomic E-state index is 12.6. The second kappa shape index (κ2) is 7.67. The van der Waals surface area contributed by atoms with E-state index in [1.165, 1.54) is 0 Å². The van der Waals surface area contributed by atoms with Gasteiger partial charge in [0.25, 0.3) is 5.91 Å². The van der Waals surface area contributed by atoms with Crippen molar-refractivity contribution in [3.63, 3.8) is 0 Å². The Balaban J connectivity index is 1.28. The van der Waals surface area contributed by atoms with Crippen LogP contribution in [0.25, 0.3) is 16.7 Å². The lowest BCUT2D eigenvalue weighted by atomic mass is 10.1. The summed E-state index contributed by atoms with van der Waals surface area (Å²) in [5, 5.41) is 7.15. The molecule has 0 radical (unpaired) electrons. The third-order valence-corrected chi connectivity index (χ3v) is 4.98. The van der Waals surface area contributed by atoms with Gasteiger partial charge >= 0.3 is 0 Å². The zero-order chi connectivity index (χ0) is 20.3. The van der Waals surface area contributed by atoms with Gasteiger partial charge in [-0.05, 0) is 60.2 Å². The highest BCUT2D eigenvalue weighted by atomic mass is 16.1. The summed E-state index contributed by atoms with van der Waals surface area (Å²) in [7, 11) is 0. The fourth-order valence-electron chi connectivity index (χ4n) is 3.42. The van der Waals surface area contributed by atoms with Crippen molar-refractivity contribution in [2.45, 2.75) is 6.54 Å². The molecule has 0 fully saturated rings. The molecule has 0 atom stereocenters. The van der Waals surface area contributed by atoms with Gasteiger partial charge in [-0.2, -0.15) is 5.10 Å². The number of aromatic nitrogens is 4. The van der Waals surface area contributed by atoms with Crippen molar-refractivity contribution in [3.05, 3.63) is 109 Å². The lowest BCUT2D eigenvalue weighted by Gasteiger charge is -2.09. The first kappa shape index (κ1) is 17.9. The zero-order valence-corrected chi connectivity index (χ0v) is 16.1. The van der Waals surface area contributed by atoms with Crippen LogP contribution < -0.4 is 5.32 Å². The Kier molecular flexibility index (Phi) is 4.57. The number of carbonyl (C=O) groups excluding carboxylic acids is 1. The summed E-state index contributed by atoms with van der Waals surface area (Å²) >= 11 is 0. The molecular weight excluding hydrogens is 374 g/mol. The summed E-state index contributed by atoms with van der Waals surface area (Å²) in [6.07, 6.45) is 5.47. The molecule has 0 aliphatic heterocycles. The monoisotopic (exact) mass is 393 g/mol. The third-order valence-electron chi connectivity index (χ3n) is 4.98. The summed E-state index contributed by atoms with van der Waals surface area (Å²) in [6, 6.07) is 25.2. The number of fused-ring (bicyclic) bond motifs is 1. The van der Waals surface area contributed by atoms with Gasteiger partial charge in [-0.25, -0.2) is 4.98 Å². The van der Waals surface area contributed by atoms with Crippen molar-refractivity contribution < 1.29 is 4.79 Å². The van der Waals surface area contributed by atoms with E-state index in [1.54, 1.807) is 6.20 Å². The van der Waals surface area contributed by atoms with Gasteiger partial charge in [-0.3, -0.25) is 14.0 Å². The Morgan fingerprint density at radius 2 is 1.70 bits per heavy atom. The number of anilines is 1. The molecule has 6 nitrogen and oxygen atoms in total. The summed E-state index contributed by atoms with van der Waals surface area (Å²) < 4.78 is 3.87. The molecule has 0 spiro atoms. The van der Waals surface area contributed by atoms with Gasteiger partial charge in [0.1, 0.15) is 6.33 Å². The predicted molar refractivity (Wildman–Crippen MR) is 117 cm³/mol. The summed E-state index contributed by atoms with van der Waals surface area (Å²) in [4.78, 5) is 17.0. The van der Waals surface area contributed by atoms with Crippen molar-refractivity contribution in [1.29, 1.82) is 0 Å². The molecule has 5 aromatic rings. The number of para-hydroxylation sites is 2. The van der Waals surface area contributed by atoms with E-state index in [9.17, 15) is 4.79 Å². The summed E-state index contributed by atoms with van der Waals surface area (Å²) in [5.74, 6) is -0.138. The standard InChI is InChI=1S/C24H19N5O/c30-24(19-8-6-18(7-9-19)16-28-15-3-14-26-28)27-20-10-12-21(13-11-20)29-17-25-22-4-1-2-5-23(22)29/h1-15,17H,16H2,(H,27,30). The van der Waals surface area contributed by atoms with Gasteiger partial charge in [0, 0.05) is 29.3 Å². The Labute approximate surface area is 173 Å². The van der Waals surface area contributed by atoms with Crippen molar-refractivity contribution in [2.75, 3.05) is 5.32 Å². The van der Waals surface area contributed by atoms with Gasteiger partial charge in [-0.15, -0.1) is 0 Å². The second-order valence-corrected chi connectivity index (χ2v) is 7.00. The van der Waals surface area contributed by atoms with Crippen LogP contribution in [-0.4, -0.2) is 25.2 Å². The predicted octanol–water partition coefficient (Wildman–Crippen LogP) is 4.52. The quantitative estimate of drug-likeness (QED) is 0.477. The molecule has 2 heterocycles. The van der Waals surface area contributed by atoms with Crippen LogP contribution in [0.15, 0.2) is 97.6 Å². The van der Waals surface area contributed by atoms with E-state index in [0.29, 0.717) is 12.1 Å². The lowest BCUT2D eigenvalue weighted by Crippen LogP contribution is -2.12. The first-order valence-electron chi connectivity index (χ1n) is 9.66. The van der Waals surface area contributed by atoms with Crippen LogP contribution >= 0.6 is 0 Å². The van der Waals surface area contributed by atoms with E-state index < -0.39 is 0 Å². The number of hydrogen-bond donors (Lipinski definition) is 1. The van der Waals surface area contributed by atoms with E-state index in [2.05, 4.69) is 15.4 Å². The molecule has 146 valence electrons. The molecule has 2 aromatic heterocycles. The van der Waals surface area contributed by atoms with E-state index in [-0.39, 0.29) is 5.91 Å². The Bertz CT molecular complexity index is 1290. The van der Waals surface area contributed by atoms with Crippen molar-refractivity contribution in [3.8, 4) is 5.69 Å². The van der Waals surface area contributed by atoms with Gasteiger partial charge in [0.2, 0.25) is 0 Å². The minimum absolute atomic E-state index is 0.138. The molecule has 30 heavy (non-hydrogen) atoms. The molecule has 0 unspecified atom stereocenters. The van der Waals surface area contributed by atoms with Crippen molar-refractivity contribution >= 4 is 22.6 Å². The fraction of sp³-hybridized carbons (Fsp3) is 0.0417. The van der Waals surface area contributed by atoms with Crippen LogP contribution in [0.4, 0.5) is 5.69 Å². The van der Waals surface area contributed by atoms with Gasteiger partial charge in [-0.1, -0.05) is 24.3 Å². The van der Waals surface area contributed by atoms with E-state index >= 15 is 0 Å². The maximum absolute atomic E-state index is 12.6. The average Bonchev–Trinajstić information content (AvgIpc) is 3.45. The molecule has 0 aliphatic carbocycles. The zero-order valence-electron chi connectivity index (χ0n) is 16.1. The highest BCUT2D eigenvalue weighted by molar-refractivity contribution is 6.04. The number of amides is 1. The summed E-state index contributed by atoms with van der Waals surface area (Å²) in [5.41, 5.74) is 5.44. The topological polar surface area (TPSA) is 64.7 Å². The normalized spacial score (nSPS) is 10.9. The first-order chi connectivity index (χ1) is 14.8. The maximum Gasteiger partial charge on any atom is 0.255 e. The molecule has 3 aromatic carbocycles.